The average molecular weight is 523 g/mol. The molecule has 37 heavy (non-hydrogen) atoms. The number of anilines is 5. The molecule has 0 atom stereocenters. The Morgan fingerprint density at radius 2 is 1.92 bits per heavy atom. The van der Waals surface area contributed by atoms with Crippen molar-refractivity contribution in [2.75, 3.05) is 36.2 Å². The van der Waals surface area contributed by atoms with Gasteiger partial charge in [0.2, 0.25) is 11.9 Å². The van der Waals surface area contributed by atoms with Crippen LogP contribution in [0.5, 0.6) is 5.75 Å². The summed E-state index contributed by atoms with van der Waals surface area (Å²) < 4.78 is 5.83. The molecule has 2 aromatic carbocycles. The van der Waals surface area contributed by atoms with E-state index >= 15 is 0 Å². The second-order valence-electron chi connectivity index (χ2n) is 9.34. The normalized spacial score (nSPS) is 14.4. The summed E-state index contributed by atoms with van der Waals surface area (Å²) in [7, 11) is 3.18. The van der Waals surface area contributed by atoms with Crippen LogP contribution >= 0.6 is 11.6 Å². The fraction of sp³-hybridized carbons (Fsp3) is 0.333. The van der Waals surface area contributed by atoms with Gasteiger partial charge in [-0.3, -0.25) is 9.59 Å². The number of aromatic nitrogens is 2. The van der Waals surface area contributed by atoms with E-state index in [2.05, 4.69) is 25.9 Å². The number of methoxy groups -OCH3 is 1. The number of benzene rings is 2. The number of fused-ring (bicyclic) bond motifs is 1. The molecule has 1 aliphatic rings. The summed E-state index contributed by atoms with van der Waals surface area (Å²) >= 11 is 6.38. The molecule has 3 aromatic rings. The molecule has 0 radical (unpaired) electrons. The minimum atomic E-state index is -0.474. The first-order valence-corrected chi connectivity index (χ1v) is 12.5. The molecular formula is C27H31ClN6O3. The minimum absolute atomic E-state index is 0.102. The van der Waals surface area contributed by atoms with Crippen LogP contribution in [-0.4, -0.2) is 42.5 Å². The van der Waals surface area contributed by atoms with Crippen molar-refractivity contribution in [2.24, 2.45) is 5.41 Å². The fourth-order valence-corrected chi connectivity index (χ4v) is 4.60. The van der Waals surface area contributed by atoms with E-state index in [1.807, 2.05) is 43.9 Å². The van der Waals surface area contributed by atoms with Gasteiger partial charge in [-0.25, -0.2) is 4.98 Å². The summed E-state index contributed by atoms with van der Waals surface area (Å²) in [5, 5.41) is 9.29. The maximum Gasteiger partial charge on any atom is 0.253 e. The molecule has 3 N–H and O–H groups in total. The number of carbonyl (C=O) groups excluding carboxylic acids is 2. The number of halogens is 1. The summed E-state index contributed by atoms with van der Waals surface area (Å²) in [6, 6.07) is 10.9. The highest BCUT2D eigenvalue weighted by Gasteiger charge is 2.37. The smallest absolute Gasteiger partial charge is 0.253 e. The molecule has 1 aromatic heterocycles. The van der Waals surface area contributed by atoms with Gasteiger partial charge in [0.05, 0.1) is 35.9 Å². The van der Waals surface area contributed by atoms with Crippen molar-refractivity contribution in [1.82, 2.24) is 15.3 Å². The molecule has 0 unspecified atom stereocenters. The third-order valence-electron chi connectivity index (χ3n) is 6.51. The van der Waals surface area contributed by atoms with Gasteiger partial charge in [0.1, 0.15) is 10.8 Å². The number of hydrogen-bond acceptors (Lipinski definition) is 7. The van der Waals surface area contributed by atoms with E-state index in [-0.39, 0.29) is 11.8 Å². The van der Waals surface area contributed by atoms with Crippen LogP contribution in [0.1, 0.15) is 43.1 Å². The van der Waals surface area contributed by atoms with Crippen LogP contribution < -0.4 is 25.6 Å². The van der Waals surface area contributed by atoms with Crippen LogP contribution in [0, 0.1) is 5.41 Å². The maximum absolute atomic E-state index is 13.1. The van der Waals surface area contributed by atoms with Crippen molar-refractivity contribution in [2.45, 2.75) is 33.6 Å². The Bertz CT molecular complexity index is 1340. The van der Waals surface area contributed by atoms with Gasteiger partial charge in [0, 0.05) is 24.6 Å². The van der Waals surface area contributed by atoms with E-state index in [0.29, 0.717) is 58.9 Å². The number of amides is 2. The van der Waals surface area contributed by atoms with Crippen molar-refractivity contribution >= 4 is 52.2 Å². The van der Waals surface area contributed by atoms with Gasteiger partial charge in [-0.15, -0.1) is 0 Å². The Morgan fingerprint density at radius 1 is 1.16 bits per heavy atom. The SMILES string of the molecule is CCN1C(=O)C(C)(C)CCc2c1ccc(Nc1ncc(Cl)c(Nc3ccccc3C(=O)NC)n1)c2OC. The second-order valence-corrected chi connectivity index (χ2v) is 9.75. The molecule has 194 valence electrons. The fourth-order valence-electron chi connectivity index (χ4n) is 4.46. The number of nitrogens with zero attached hydrogens (tertiary/aromatic N) is 3. The number of carbonyl (C=O) groups is 2. The van der Waals surface area contributed by atoms with Crippen molar-refractivity contribution in [3.63, 3.8) is 0 Å². The summed E-state index contributed by atoms with van der Waals surface area (Å²) in [6.07, 6.45) is 2.87. The Kier molecular flexibility index (Phi) is 7.54. The van der Waals surface area contributed by atoms with Gasteiger partial charge in [0.25, 0.3) is 5.91 Å². The van der Waals surface area contributed by atoms with Crippen LogP contribution in [-0.2, 0) is 11.2 Å². The first kappa shape index (κ1) is 26.2. The summed E-state index contributed by atoms with van der Waals surface area (Å²) in [5.41, 5.74) is 3.02. The molecule has 0 fully saturated rings. The predicted molar refractivity (Wildman–Crippen MR) is 147 cm³/mol. The zero-order valence-corrected chi connectivity index (χ0v) is 22.4. The van der Waals surface area contributed by atoms with Crippen LogP contribution in [0.2, 0.25) is 5.02 Å². The lowest BCUT2D eigenvalue weighted by Gasteiger charge is -2.29. The molecule has 1 aliphatic heterocycles. The maximum atomic E-state index is 13.1. The molecule has 4 rings (SSSR count). The first-order valence-electron chi connectivity index (χ1n) is 12.1. The molecule has 2 amide bonds. The van der Waals surface area contributed by atoms with Gasteiger partial charge < -0.3 is 25.6 Å². The minimum Gasteiger partial charge on any atom is -0.494 e. The van der Waals surface area contributed by atoms with Crippen molar-refractivity contribution < 1.29 is 14.3 Å². The number of nitrogens with one attached hydrogen (secondary N) is 3. The first-order chi connectivity index (χ1) is 17.7. The number of para-hydroxylation sites is 1. The van der Waals surface area contributed by atoms with E-state index in [9.17, 15) is 9.59 Å². The van der Waals surface area contributed by atoms with E-state index in [1.165, 1.54) is 6.20 Å². The largest absolute Gasteiger partial charge is 0.494 e. The Balaban J connectivity index is 1.68. The quantitative estimate of drug-likeness (QED) is 0.386. The second kappa shape index (κ2) is 10.6. The van der Waals surface area contributed by atoms with Gasteiger partial charge in [-0.1, -0.05) is 37.6 Å². The van der Waals surface area contributed by atoms with E-state index in [0.717, 1.165) is 11.3 Å². The summed E-state index contributed by atoms with van der Waals surface area (Å²) in [4.78, 5) is 36.1. The Hall–Kier alpha value is -3.85. The van der Waals surface area contributed by atoms with Crippen molar-refractivity contribution in [1.29, 1.82) is 0 Å². The summed E-state index contributed by atoms with van der Waals surface area (Å²) in [5.74, 6) is 1.14. The lowest BCUT2D eigenvalue weighted by atomic mass is 9.86. The van der Waals surface area contributed by atoms with E-state index in [4.69, 9.17) is 16.3 Å². The molecule has 2 heterocycles. The van der Waals surface area contributed by atoms with Crippen molar-refractivity contribution in [3.05, 3.63) is 58.7 Å². The Labute approximate surface area is 221 Å². The molecule has 0 bridgehead atoms. The topological polar surface area (TPSA) is 108 Å². The van der Waals surface area contributed by atoms with Crippen LogP contribution in [0.25, 0.3) is 0 Å². The van der Waals surface area contributed by atoms with Crippen LogP contribution in [0.15, 0.2) is 42.6 Å². The molecular weight excluding hydrogens is 492 g/mol. The van der Waals surface area contributed by atoms with E-state index < -0.39 is 5.41 Å². The highest BCUT2D eigenvalue weighted by molar-refractivity contribution is 6.33. The molecule has 0 saturated heterocycles. The number of ether oxygens (including phenoxy) is 1. The Morgan fingerprint density at radius 3 is 2.62 bits per heavy atom. The molecule has 0 spiro atoms. The number of hydrogen-bond donors (Lipinski definition) is 3. The predicted octanol–water partition coefficient (Wildman–Crippen LogP) is 5.31. The van der Waals surface area contributed by atoms with Crippen molar-refractivity contribution in [3.8, 4) is 5.75 Å². The van der Waals surface area contributed by atoms with Crippen LogP contribution in [0.3, 0.4) is 0 Å². The third-order valence-corrected chi connectivity index (χ3v) is 6.79. The monoisotopic (exact) mass is 522 g/mol. The van der Waals surface area contributed by atoms with Gasteiger partial charge in [-0.2, -0.15) is 4.98 Å². The molecule has 0 saturated carbocycles. The molecule has 9 nitrogen and oxygen atoms in total. The number of rotatable bonds is 7. The molecule has 10 heteroatoms. The zero-order chi connectivity index (χ0) is 26.7. The summed E-state index contributed by atoms with van der Waals surface area (Å²) in [6.45, 7) is 6.50. The van der Waals surface area contributed by atoms with Gasteiger partial charge >= 0.3 is 0 Å². The standard InChI is InChI=1S/C27H31ClN6O3/c1-6-34-21-12-11-20(22(37-5)17(21)13-14-27(2,3)25(34)36)32-26-30-15-18(28)23(33-26)31-19-10-8-7-9-16(19)24(35)29-4/h7-12,15H,6,13-14H2,1-5H3,(H,29,35)(H2,30,31,32,33). The zero-order valence-electron chi connectivity index (χ0n) is 21.6. The average Bonchev–Trinajstić information content (AvgIpc) is 2.99. The highest BCUT2D eigenvalue weighted by Crippen LogP contribution is 2.43. The highest BCUT2D eigenvalue weighted by atomic mass is 35.5. The van der Waals surface area contributed by atoms with Gasteiger partial charge in [0.15, 0.2) is 5.82 Å². The lowest BCUT2D eigenvalue weighted by molar-refractivity contribution is -0.126. The molecule has 0 aliphatic carbocycles. The van der Waals surface area contributed by atoms with E-state index in [1.54, 1.807) is 32.4 Å². The third kappa shape index (κ3) is 5.17. The van der Waals surface area contributed by atoms with Crippen LogP contribution in [0.4, 0.5) is 28.8 Å². The lowest BCUT2D eigenvalue weighted by Crippen LogP contribution is -2.39. The van der Waals surface area contributed by atoms with Gasteiger partial charge in [-0.05, 0) is 44.0 Å².